The molecule has 0 bridgehead atoms. The van der Waals surface area contributed by atoms with Crippen LogP contribution >= 0.6 is 0 Å². The van der Waals surface area contributed by atoms with Crippen LogP contribution in [0.15, 0.2) is 59.8 Å². The molecule has 0 aromatic heterocycles. The van der Waals surface area contributed by atoms with E-state index < -0.39 is 23.9 Å². The second kappa shape index (κ2) is 9.30. The van der Waals surface area contributed by atoms with Gasteiger partial charge in [0.2, 0.25) is 0 Å². The standard InChI is InChI=1S/C22H23FN2O5/c1-4-29-21(26)19-16(13-30-18-12-8-7-11-17(18)28-3)25(2)22(27)24-20(19)14-9-5-6-10-15(14)23/h5-12,20H,4,13H2,1-3H3,(H,24,27)/t20-/m0/s1. The average molecular weight is 414 g/mol. The summed E-state index contributed by atoms with van der Waals surface area (Å²) in [5, 5.41) is 2.67. The van der Waals surface area contributed by atoms with Gasteiger partial charge in [-0.05, 0) is 25.1 Å². The van der Waals surface area contributed by atoms with E-state index in [1.165, 1.54) is 37.3 Å². The van der Waals surface area contributed by atoms with E-state index in [0.29, 0.717) is 11.5 Å². The van der Waals surface area contributed by atoms with E-state index in [2.05, 4.69) is 5.32 Å². The van der Waals surface area contributed by atoms with Crippen LogP contribution in [0.5, 0.6) is 11.5 Å². The molecule has 1 atom stereocenters. The largest absolute Gasteiger partial charge is 0.493 e. The van der Waals surface area contributed by atoms with Gasteiger partial charge in [0.25, 0.3) is 0 Å². The highest BCUT2D eigenvalue weighted by Gasteiger charge is 2.38. The topological polar surface area (TPSA) is 77.1 Å². The van der Waals surface area contributed by atoms with Crippen LogP contribution in [0.1, 0.15) is 18.5 Å². The molecule has 0 saturated heterocycles. The maximum absolute atomic E-state index is 14.5. The quantitative estimate of drug-likeness (QED) is 0.703. The molecule has 2 aromatic rings. The molecule has 0 spiro atoms. The molecule has 7 nitrogen and oxygen atoms in total. The second-order valence-electron chi connectivity index (χ2n) is 6.48. The van der Waals surface area contributed by atoms with Gasteiger partial charge in [-0.25, -0.2) is 14.0 Å². The molecule has 0 unspecified atom stereocenters. The number of carbonyl (C=O) groups is 2. The number of carbonyl (C=O) groups excluding carboxylic acids is 2. The average Bonchev–Trinajstić information content (AvgIpc) is 2.75. The van der Waals surface area contributed by atoms with Gasteiger partial charge >= 0.3 is 12.0 Å². The Morgan fingerprint density at radius 3 is 2.47 bits per heavy atom. The highest BCUT2D eigenvalue weighted by Crippen LogP contribution is 2.33. The summed E-state index contributed by atoms with van der Waals surface area (Å²) < 4.78 is 30.8. The lowest BCUT2D eigenvalue weighted by Gasteiger charge is -2.34. The summed E-state index contributed by atoms with van der Waals surface area (Å²) >= 11 is 0. The van der Waals surface area contributed by atoms with Crippen LogP contribution in [0, 0.1) is 5.82 Å². The number of amides is 2. The van der Waals surface area contributed by atoms with Crippen molar-refractivity contribution in [3.8, 4) is 11.5 Å². The first-order chi connectivity index (χ1) is 14.5. The Morgan fingerprint density at radius 2 is 1.80 bits per heavy atom. The molecule has 0 aliphatic carbocycles. The lowest BCUT2D eigenvalue weighted by atomic mass is 9.94. The number of benzene rings is 2. The molecule has 0 radical (unpaired) electrons. The zero-order valence-electron chi connectivity index (χ0n) is 17.0. The van der Waals surface area contributed by atoms with Gasteiger partial charge in [0.15, 0.2) is 11.5 Å². The molecule has 158 valence electrons. The Bertz CT molecular complexity index is 976. The normalized spacial score (nSPS) is 16.2. The minimum absolute atomic E-state index is 0.110. The maximum Gasteiger partial charge on any atom is 0.338 e. The fraction of sp³-hybridized carbons (Fsp3) is 0.273. The number of urea groups is 1. The number of likely N-dealkylation sites (N-methyl/N-ethyl adjacent to an activating group) is 1. The van der Waals surface area contributed by atoms with Crippen molar-refractivity contribution < 1.29 is 28.2 Å². The zero-order chi connectivity index (χ0) is 21.7. The van der Waals surface area contributed by atoms with E-state index in [-0.39, 0.29) is 30.0 Å². The molecule has 0 fully saturated rings. The molecule has 3 rings (SSSR count). The van der Waals surface area contributed by atoms with Crippen molar-refractivity contribution in [2.75, 3.05) is 27.4 Å². The van der Waals surface area contributed by atoms with Crippen molar-refractivity contribution in [1.82, 2.24) is 10.2 Å². The van der Waals surface area contributed by atoms with Crippen LogP contribution in [0.4, 0.5) is 9.18 Å². The highest BCUT2D eigenvalue weighted by atomic mass is 19.1. The molecule has 1 heterocycles. The third-order valence-electron chi connectivity index (χ3n) is 4.72. The third-order valence-corrected chi connectivity index (χ3v) is 4.72. The molecule has 1 N–H and O–H groups in total. The van der Waals surface area contributed by atoms with E-state index in [0.717, 1.165) is 0 Å². The van der Waals surface area contributed by atoms with Crippen molar-refractivity contribution in [3.63, 3.8) is 0 Å². The summed E-state index contributed by atoms with van der Waals surface area (Å²) in [5.74, 6) is -0.253. The lowest BCUT2D eigenvalue weighted by molar-refractivity contribution is -0.139. The molecule has 30 heavy (non-hydrogen) atoms. The molecule has 1 aliphatic heterocycles. The number of methoxy groups -OCH3 is 1. The molecular formula is C22H23FN2O5. The molecule has 2 aromatic carbocycles. The van der Waals surface area contributed by atoms with Crippen LogP contribution < -0.4 is 14.8 Å². The fourth-order valence-corrected chi connectivity index (χ4v) is 3.21. The first kappa shape index (κ1) is 21.2. The molecular weight excluding hydrogens is 391 g/mol. The van der Waals surface area contributed by atoms with Gasteiger partial charge < -0.3 is 19.5 Å². The van der Waals surface area contributed by atoms with Gasteiger partial charge in [-0.2, -0.15) is 0 Å². The van der Waals surface area contributed by atoms with Crippen molar-refractivity contribution in [1.29, 1.82) is 0 Å². The third kappa shape index (κ3) is 4.22. The maximum atomic E-state index is 14.5. The van der Waals surface area contributed by atoms with Gasteiger partial charge in [0.1, 0.15) is 12.4 Å². The number of halogens is 1. The Hall–Kier alpha value is -3.55. The summed E-state index contributed by atoms with van der Waals surface area (Å²) in [5.41, 5.74) is 0.548. The van der Waals surface area contributed by atoms with Gasteiger partial charge in [0, 0.05) is 12.6 Å². The van der Waals surface area contributed by atoms with Crippen molar-refractivity contribution in [2.24, 2.45) is 0 Å². The van der Waals surface area contributed by atoms with E-state index in [1.54, 1.807) is 37.3 Å². The molecule has 8 heteroatoms. The van der Waals surface area contributed by atoms with E-state index in [4.69, 9.17) is 14.2 Å². The highest BCUT2D eigenvalue weighted by molar-refractivity contribution is 5.95. The number of para-hydroxylation sites is 2. The summed E-state index contributed by atoms with van der Waals surface area (Å²) in [6.45, 7) is 1.68. The van der Waals surface area contributed by atoms with Crippen LogP contribution in [0.3, 0.4) is 0 Å². The summed E-state index contributed by atoms with van der Waals surface area (Å²) in [4.78, 5) is 26.7. The Kier molecular flexibility index (Phi) is 6.56. The van der Waals surface area contributed by atoms with Crippen LogP contribution in [-0.2, 0) is 9.53 Å². The predicted octanol–water partition coefficient (Wildman–Crippen LogP) is 3.43. The smallest absolute Gasteiger partial charge is 0.338 e. The first-order valence-electron chi connectivity index (χ1n) is 9.42. The number of nitrogens with one attached hydrogen (secondary N) is 1. The van der Waals surface area contributed by atoms with Gasteiger partial charge in [0.05, 0.1) is 31.0 Å². The summed E-state index contributed by atoms with van der Waals surface area (Å²) in [6.07, 6.45) is 0. The van der Waals surface area contributed by atoms with Gasteiger partial charge in [-0.3, -0.25) is 4.90 Å². The van der Waals surface area contributed by atoms with Crippen molar-refractivity contribution in [2.45, 2.75) is 13.0 Å². The number of hydrogen-bond acceptors (Lipinski definition) is 5. The number of nitrogens with zero attached hydrogens (tertiary/aromatic N) is 1. The van der Waals surface area contributed by atoms with Crippen LogP contribution in [0.2, 0.25) is 0 Å². The van der Waals surface area contributed by atoms with E-state index in [9.17, 15) is 14.0 Å². The number of esters is 1. The SMILES string of the molecule is CCOC(=O)C1=C(COc2ccccc2OC)N(C)C(=O)N[C@H]1c1ccccc1F. The van der Waals surface area contributed by atoms with Crippen molar-refractivity contribution >= 4 is 12.0 Å². The molecule has 0 saturated carbocycles. The Morgan fingerprint density at radius 1 is 1.13 bits per heavy atom. The number of rotatable bonds is 7. The summed E-state index contributed by atoms with van der Waals surface area (Å²) in [6, 6.07) is 11.5. The molecule has 1 aliphatic rings. The van der Waals surface area contributed by atoms with E-state index >= 15 is 0 Å². The van der Waals surface area contributed by atoms with Gasteiger partial charge in [-0.15, -0.1) is 0 Å². The number of hydrogen-bond donors (Lipinski definition) is 1. The van der Waals surface area contributed by atoms with Gasteiger partial charge in [-0.1, -0.05) is 30.3 Å². The monoisotopic (exact) mass is 414 g/mol. The van der Waals surface area contributed by atoms with Crippen LogP contribution in [0.25, 0.3) is 0 Å². The Labute approximate surface area is 174 Å². The summed E-state index contributed by atoms with van der Waals surface area (Å²) in [7, 11) is 3.02. The minimum atomic E-state index is -1.01. The first-order valence-corrected chi connectivity index (χ1v) is 9.42. The number of ether oxygens (including phenoxy) is 3. The Balaban J connectivity index is 2.06. The second-order valence-corrected chi connectivity index (χ2v) is 6.48. The lowest BCUT2D eigenvalue weighted by Crippen LogP contribution is -2.48. The van der Waals surface area contributed by atoms with E-state index in [1.807, 2.05) is 0 Å². The minimum Gasteiger partial charge on any atom is -0.493 e. The predicted molar refractivity (Wildman–Crippen MR) is 108 cm³/mol. The molecule has 2 amide bonds. The van der Waals surface area contributed by atoms with Crippen molar-refractivity contribution in [3.05, 3.63) is 71.2 Å². The van der Waals surface area contributed by atoms with Crippen LogP contribution in [-0.4, -0.2) is 44.3 Å². The zero-order valence-corrected chi connectivity index (χ0v) is 17.0. The fourth-order valence-electron chi connectivity index (χ4n) is 3.21.